The van der Waals surface area contributed by atoms with Gasteiger partial charge in [0.15, 0.2) is 23.0 Å². The number of amides is 2. The van der Waals surface area contributed by atoms with Crippen LogP contribution in [0.5, 0.6) is 23.0 Å². The third-order valence-electron chi connectivity index (χ3n) is 10.9. The molecule has 2 amide bonds. The maximum Gasteiger partial charge on any atom is 0.252 e. The van der Waals surface area contributed by atoms with E-state index in [4.69, 9.17) is 35.5 Å². The number of fused-ring (bicyclic) bond motifs is 2. The van der Waals surface area contributed by atoms with Crippen molar-refractivity contribution in [3.63, 3.8) is 0 Å². The van der Waals surface area contributed by atoms with Crippen LogP contribution in [-0.2, 0) is 25.9 Å². The molecular formula is C51H66N8O8. The number of hydrogen-bond acceptors (Lipinski definition) is 14. The third-order valence-corrected chi connectivity index (χ3v) is 10.9. The van der Waals surface area contributed by atoms with E-state index in [0.717, 1.165) is 46.5 Å². The number of aliphatic hydroxyl groups excluding tert-OH is 2. The lowest BCUT2D eigenvalue weighted by molar-refractivity contribution is 0.0992. The van der Waals surface area contributed by atoms with Crippen molar-refractivity contribution in [1.82, 2.24) is 20.6 Å². The molecule has 6 rings (SSSR count). The molecule has 1 atom stereocenters. The first kappa shape index (κ1) is 51.3. The summed E-state index contributed by atoms with van der Waals surface area (Å²) in [5, 5.41) is 33.3. The summed E-state index contributed by atoms with van der Waals surface area (Å²) in [6.07, 6.45) is 4.54. The van der Waals surface area contributed by atoms with Crippen LogP contribution in [0.15, 0.2) is 73.1 Å². The molecule has 6 aromatic rings. The van der Waals surface area contributed by atoms with E-state index < -0.39 is 11.8 Å². The molecular weight excluding hydrogens is 853 g/mol. The van der Waals surface area contributed by atoms with Crippen molar-refractivity contribution in [1.29, 1.82) is 0 Å². The quantitative estimate of drug-likeness (QED) is 0.0276. The highest BCUT2D eigenvalue weighted by atomic mass is 16.5. The minimum Gasteiger partial charge on any atom is -0.490 e. The van der Waals surface area contributed by atoms with Crippen molar-refractivity contribution in [3.05, 3.63) is 106 Å². The normalized spacial score (nSPS) is 11.4. The summed E-state index contributed by atoms with van der Waals surface area (Å²) < 4.78 is 23.1. The van der Waals surface area contributed by atoms with Crippen LogP contribution in [-0.4, -0.2) is 84.2 Å². The highest BCUT2D eigenvalue weighted by Gasteiger charge is 2.21. The molecule has 0 spiro atoms. The van der Waals surface area contributed by atoms with Crippen LogP contribution < -0.4 is 51.7 Å². The highest BCUT2D eigenvalue weighted by molar-refractivity contribution is 6.09. The van der Waals surface area contributed by atoms with E-state index in [-0.39, 0.29) is 19.3 Å². The average Bonchev–Trinajstić information content (AvgIpc) is 3.32. The topological polar surface area (TPSA) is 237 Å². The first-order valence-corrected chi connectivity index (χ1v) is 22.9. The zero-order chi connectivity index (χ0) is 48.5. The number of aromatic nitrogens is 2. The molecule has 16 nitrogen and oxygen atoms in total. The van der Waals surface area contributed by atoms with Crippen molar-refractivity contribution in [2.24, 2.45) is 11.5 Å². The van der Waals surface area contributed by atoms with Gasteiger partial charge in [0.2, 0.25) is 0 Å². The fourth-order valence-corrected chi connectivity index (χ4v) is 7.71. The van der Waals surface area contributed by atoms with Crippen LogP contribution in [0.25, 0.3) is 21.8 Å². The Morgan fingerprint density at radius 2 is 1.04 bits per heavy atom. The number of ether oxygens (including phenoxy) is 4. The van der Waals surface area contributed by atoms with Crippen LogP contribution in [0, 0.1) is 0 Å². The number of anilines is 4. The van der Waals surface area contributed by atoms with Crippen LogP contribution in [0.2, 0.25) is 0 Å². The second-order valence-electron chi connectivity index (χ2n) is 15.4. The molecule has 67 heavy (non-hydrogen) atoms. The number of primary amides is 2. The van der Waals surface area contributed by atoms with E-state index in [1.54, 1.807) is 0 Å². The maximum absolute atomic E-state index is 12.3. The summed E-state index contributed by atoms with van der Waals surface area (Å²) in [6, 6.07) is 19.3. The Morgan fingerprint density at radius 3 is 1.42 bits per heavy atom. The summed E-state index contributed by atoms with van der Waals surface area (Å²) >= 11 is 0. The lowest BCUT2D eigenvalue weighted by Crippen LogP contribution is -2.29. The van der Waals surface area contributed by atoms with E-state index in [2.05, 4.69) is 57.2 Å². The van der Waals surface area contributed by atoms with Crippen molar-refractivity contribution in [2.75, 3.05) is 56.8 Å². The van der Waals surface area contributed by atoms with Gasteiger partial charge in [-0.25, -0.2) is 0 Å². The van der Waals surface area contributed by atoms with Gasteiger partial charge in [-0.05, 0) is 94.0 Å². The van der Waals surface area contributed by atoms with Crippen molar-refractivity contribution >= 4 is 56.4 Å². The number of benzene rings is 4. The fraction of sp³-hybridized carbons (Fsp3) is 0.373. The highest BCUT2D eigenvalue weighted by Crippen LogP contribution is 2.40. The van der Waals surface area contributed by atoms with Crippen LogP contribution >= 0.6 is 0 Å². The molecule has 0 saturated carbocycles. The Hall–Kier alpha value is -6.72. The first-order chi connectivity index (χ1) is 32.5. The van der Waals surface area contributed by atoms with Gasteiger partial charge >= 0.3 is 0 Å². The van der Waals surface area contributed by atoms with Crippen molar-refractivity contribution in [2.45, 2.75) is 80.4 Å². The average molecular weight is 919 g/mol. The van der Waals surface area contributed by atoms with Crippen molar-refractivity contribution in [3.8, 4) is 23.0 Å². The molecule has 358 valence electrons. The Bertz CT molecular complexity index is 2620. The lowest BCUT2D eigenvalue weighted by atomic mass is 10.0. The minimum atomic E-state index is -0.573. The molecule has 16 heteroatoms. The monoisotopic (exact) mass is 919 g/mol. The number of aliphatic hydroxyl groups is 2. The molecule has 0 aliphatic heterocycles. The lowest BCUT2D eigenvalue weighted by Gasteiger charge is -2.20. The first-order valence-electron chi connectivity index (χ1n) is 22.9. The molecule has 2 aromatic heterocycles. The van der Waals surface area contributed by atoms with E-state index in [9.17, 15) is 14.7 Å². The molecule has 0 aliphatic carbocycles. The Morgan fingerprint density at radius 1 is 0.627 bits per heavy atom. The number of carbonyl (C=O) groups is 2. The predicted octanol–water partition coefficient (Wildman–Crippen LogP) is 7.43. The predicted molar refractivity (Wildman–Crippen MR) is 266 cm³/mol. The van der Waals surface area contributed by atoms with Crippen LogP contribution in [0.1, 0.15) is 91.4 Å². The fourth-order valence-electron chi connectivity index (χ4n) is 7.71. The van der Waals surface area contributed by atoms with Gasteiger partial charge in [0.25, 0.3) is 11.8 Å². The summed E-state index contributed by atoms with van der Waals surface area (Å²) in [5.41, 5.74) is 20.7. The standard InChI is InChI=1S/C26H34N4O4.C25H32N4O4/c1-5-18-17(13-28-16(4)15-31)9-8-10-21(18)30-25-19-11-23(33-6-2)24(34-7-3)12-22(19)29-14-20(25)26(27)32;1-4-17-16(14-27-10-11-30)8-7-9-20(17)29-24-18-12-22(32-5-2)23(33-6-3)13-21(18)28-15-19(24)25(26)31/h8-12,14,16,28,31H,5-7,13,15H2,1-4H3,(H2,27,32)(H,29,30);7-9,12-13,15,27,30H,4-6,10-11,14H2,1-3H3,(H2,26,31)(H,28,29). The van der Waals surface area contributed by atoms with Gasteiger partial charge in [-0.3, -0.25) is 19.6 Å². The van der Waals surface area contributed by atoms with Gasteiger partial charge in [0.1, 0.15) is 0 Å². The molecule has 0 bridgehead atoms. The summed E-state index contributed by atoms with van der Waals surface area (Å²) in [4.78, 5) is 33.5. The number of nitrogens with one attached hydrogen (secondary N) is 4. The third kappa shape index (κ3) is 12.8. The van der Waals surface area contributed by atoms with Gasteiger partial charge in [0, 0.05) is 72.3 Å². The van der Waals surface area contributed by atoms with Gasteiger partial charge in [0.05, 0.1) is 73.2 Å². The van der Waals surface area contributed by atoms with E-state index in [1.807, 2.05) is 83.1 Å². The molecule has 0 aliphatic rings. The van der Waals surface area contributed by atoms with Crippen LogP contribution in [0.4, 0.5) is 22.7 Å². The number of nitrogens with two attached hydrogens (primary N) is 2. The zero-order valence-corrected chi connectivity index (χ0v) is 39.7. The van der Waals surface area contributed by atoms with Gasteiger partial charge in [-0.1, -0.05) is 38.1 Å². The number of nitrogens with zero attached hydrogens (tertiary/aromatic N) is 2. The molecule has 10 N–H and O–H groups in total. The number of pyridine rings is 2. The molecule has 1 unspecified atom stereocenters. The molecule has 4 aromatic carbocycles. The van der Waals surface area contributed by atoms with E-state index >= 15 is 0 Å². The van der Waals surface area contributed by atoms with Crippen molar-refractivity contribution < 1.29 is 38.7 Å². The molecule has 0 saturated heterocycles. The molecule has 2 heterocycles. The van der Waals surface area contributed by atoms with Crippen LogP contribution in [0.3, 0.4) is 0 Å². The second kappa shape index (κ2) is 25.3. The summed E-state index contributed by atoms with van der Waals surface area (Å²) in [7, 11) is 0. The second-order valence-corrected chi connectivity index (χ2v) is 15.4. The van der Waals surface area contributed by atoms with Gasteiger partial charge in [-0.15, -0.1) is 0 Å². The minimum absolute atomic E-state index is 0.0107. The Balaban J connectivity index is 0.000000251. The number of carbonyl (C=O) groups excluding carboxylic acids is 2. The zero-order valence-electron chi connectivity index (χ0n) is 39.7. The SMILES string of the molecule is CCOc1cc2ncc(C(N)=O)c(Nc3cccc(CNC(C)CO)c3CC)c2cc1OCC.CCOc1cc2ncc(C(N)=O)c(Nc3cccc(CNCCO)c3CC)c2cc1OCC. The number of rotatable bonds is 24. The summed E-state index contributed by atoms with van der Waals surface area (Å²) in [6.45, 7) is 17.6. The van der Waals surface area contributed by atoms with Gasteiger partial charge < -0.3 is 61.9 Å². The maximum atomic E-state index is 12.3. The van der Waals surface area contributed by atoms with Gasteiger partial charge in [-0.2, -0.15) is 0 Å². The molecule has 0 radical (unpaired) electrons. The largest absolute Gasteiger partial charge is 0.490 e. The summed E-state index contributed by atoms with van der Waals surface area (Å²) in [5.74, 6) is 1.21. The number of hydrogen-bond donors (Lipinski definition) is 8. The molecule has 0 fully saturated rings. The van der Waals surface area contributed by atoms with E-state index in [0.29, 0.717) is 113 Å². The Labute approximate surface area is 392 Å². The van der Waals surface area contributed by atoms with E-state index in [1.165, 1.54) is 12.4 Å². The Kier molecular flexibility index (Phi) is 19.3. The smallest absolute Gasteiger partial charge is 0.252 e.